The minimum Gasteiger partial charge on any atom is -0.347 e. The van der Waals surface area contributed by atoms with Crippen molar-refractivity contribution in [2.45, 2.75) is 19.1 Å². The van der Waals surface area contributed by atoms with Gasteiger partial charge in [0.15, 0.2) is 5.79 Å². The number of hydrazone groups is 1. The lowest BCUT2D eigenvalue weighted by Crippen LogP contribution is -2.33. The van der Waals surface area contributed by atoms with Crippen LogP contribution in [0.5, 0.6) is 0 Å². The summed E-state index contributed by atoms with van der Waals surface area (Å²) in [4.78, 5) is 11.7. The second-order valence-electron chi connectivity index (χ2n) is 4.53. The minimum atomic E-state index is -0.853. The molecule has 0 bridgehead atoms. The molecule has 1 aromatic rings. The van der Waals surface area contributed by atoms with Gasteiger partial charge in [-0.05, 0) is 24.6 Å². The summed E-state index contributed by atoms with van der Waals surface area (Å²) in [5.41, 5.74) is 3.79. The topological polar surface area (TPSA) is 83.7 Å². The number of rotatable bonds is 4. The van der Waals surface area contributed by atoms with Crippen molar-refractivity contribution in [3.05, 3.63) is 35.4 Å². The number of ether oxygens (including phenoxy) is 2. The van der Waals surface area contributed by atoms with Gasteiger partial charge in [-0.15, -0.1) is 0 Å². The number of hydrogen-bond donors (Lipinski definition) is 1. The van der Waals surface area contributed by atoms with Crippen molar-refractivity contribution in [3.8, 4) is 6.07 Å². The molecule has 0 spiro atoms. The molecule has 20 heavy (non-hydrogen) atoms. The van der Waals surface area contributed by atoms with Crippen molar-refractivity contribution in [1.82, 2.24) is 5.43 Å². The lowest BCUT2D eigenvalue weighted by Gasteiger charge is -2.20. The SMILES string of the molecule is CC1(CC(=O)N/N=C/c2ccc(C#N)cc2)OCCO1. The fraction of sp³-hybridized carbons (Fsp3) is 0.357. The average Bonchev–Trinajstić information content (AvgIpc) is 2.86. The Morgan fingerprint density at radius 2 is 2.10 bits per heavy atom. The van der Waals surface area contributed by atoms with Crippen molar-refractivity contribution in [3.63, 3.8) is 0 Å². The van der Waals surface area contributed by atoms with E-state index in [0.717, 1.165) is 5.56 Å². The Labute approximate surface area is 117 Å². The molecule has 104 valence electrons. The number of amides is 1. The van der Waals surface area contributed by atoms with E-state index in [9.17, 15) is 4.79 Å². The summed E-state index contributed by atoms with van der Waals surface area (Å²) in [6.45, 7) is 2.72. The van der Waals surface area contributed by atoms with E-state index in [1.54, 1.807) is 31.2 Å². The van der Waals surface area contributed by atoms with Crippen LogP contribution in [0.25, 0.3) is 0 Å². The summed E-state index contributed by atoms with van der Waals surface area (Å²) in [6.07, 6.45) is 1.61. The summed E-state index contributed by atoms with van der Waals surface area (Å²) in [5.74, 6) is -1.13. The number of nitrogens with zero attached hydrogens (tertiary/aromatic N) is 2. The van der Waals surface area contributed by atoms with Gasteiger partial charge in [0.2, 0.25) is 5.91 Å². The molecule has 1 fully saturated rings. The standard InChI is InChI=1S/C14H15N3O3/c1-14(19-6-7-20-14)8-13(18)17-16-10-12-4-2-11(9-15)3-5-12/h2-5,10H,6-8H2,1H3,(H,17,18)/b16-10+. The second kappa shape index (κ2) is 6.28. The highest BCUT2D eigenvalue weighted by Gasteiger charge is 2.33. The molecule has 1 N–H and O–H groups in total. The maximum atomic E-state index is 11.7. The van der Waals surface area contributed by atoms with Crippen LogP contribution in [0.2, 0.25) is 0 Å². The van der Waals surface area contributed by atoms with Crippen LogP contribution in [-0.2, 0) is 14.3 Å². The van der Waals surface area contributed by atoms with Gasteiger partial charge in [-0.1, -0.05) is 12.1 Å². The predicted molar refractivity (Wildman–Crippen MR) is 71.8 cm³/mol. The van der Waals surface area contributed by atoms with Gasteiger partial charge in [0, 0.05) is 0 Å². The second-order valence-corrected chi connectivity index (χ2v) is 4.53. The van der Waals surface area contributed by atoms with Crippen molar-refractivity contribution >= 4 is 12.1 Å². The lowest BCUT2D eigenvalue weighted by molar-refractivity contribution is -0.159. The van der Waals surface area contributed by atoms with Crippen molar-refractivity contribution < 1.29 is 14.3 Å². The highest BCUT2D eigenvalue weighted by atomic mass is 16.7. The highest BCUT2D eigenvalue weighted by Crippen LogP contribution is 2.22. The maximum absolute atomic E-state index is 11.7. The molecule has 2 rings (SSSR count). The van der Waals surface area contributed by atoms with E-state index in [4.69, 9.17) is 14.7 Å². The first kappa shape index (κ1) is 14.2. The Hall–Kier alpha value is -2.23. The molecular weight excluding hydrogens is 258 g/mol. The molecule has 0 aromatic heterocycles. The average molecular weight is 273 g/mol. The Balaban J connectivity index is 1.83. The Morgan fingerprint density at radius 3 is 2.70 bits per heavy atom. The van der Waals surface area contributed by atoms with Gasteiger partial charge in [0.05, 0.1) is 37.5 Å². The number of carbonyl (C=O) groups excluding carboxylic acids is 1. The Morgan fingerprint density at radius 1 is 1.45 bits per heavy atom. The van der Waals surface area contributed by atoms with Crippen LogP contribution < -0.4 is 5.43 Å². The zero-order valence-corrected chi connectivity index (χ0v) is 11.1. The molecule has 0 radical (unpaired) electrons. The van der Waals surface area contributed by atoms with Crippen molar-refractivity contribution in [1.29, 1.82) is 5.26 Å². The number of carbonyl (C=O) groups is 1. The Kier molecular flexibility index (Phi) is 4.45. The van der Waals surface area contributed by atoms with E-state index in [1.807, 2.05) is 6.07 Å². The first-order valence-electron chi connectivity index (χ1n) is 6.21. The van der Waals surface area contributed by atoms with E-state index < -0.39 is 5.79 Å². The van der Waals surface area contributed by atoms with Crippen LogP contribution in [0.4, 0.5) is 0 Å². The molecule has 1 heterocycles. The molecule has 0 saturated carbocycles. The molecule has 6 heteroatoms. The summed E-state index contributed by atoms with van der Waals surface area (Å²) < 4.78 is 10.7. The molecule has 6 nitrogen and oxygen atoms in total. The molecule has 0 unspecified atom stereocenters. The van der Waals surface area contributed by atoms with Gasteiger partial charge >= 0.3 is 0 Å². The molecule has 0 atom stereocenters. The van der Waals surface area contributed by atoms with E-state index in [1.165, 1.54) is 6.21 Å². The van der Waals surface area contributed by atoms with Crippen LogP contribution in [0, 0.1) is 11.3 Å². The van der Waals surface area contributed by atoms with Gasteiger partial charge in [-0.2, -0.15) is 10.4 Å². The van der Waals surface area contributed by atoms with Gasteiger partial charge in [0.1, 0.15) is 0 Å². The zero-order valence-electron chi connectivity index (χ0n) is 11.1. The van der Waals surface area contributed by atoms with Gasteiger partial charge in [-0.3, -0.25) is 4.79 Å². The van der Waals surface area contributed by atoms with E-state index in [2.05, 4.69) is 10.5 Å². The number of benzene rings is 1. The summed E-state index contributed by atoms with van der Waals surface area (Å²) in [7, 11) is 0. The third-order valence-electron chi connectivity index (χ3n) is 2.82. The summed E-state index contributed by atoms with van der Waals surface area (Å²) in [5, 5.41) is 12.5. The lowest BCUT2D eigenvalue weighted by atomic mass is 10.2. The highest BCUT2D eigenvalue weighted by molar-refractivity contribution is 5.82. The van der Waals surface area contributed by atoms with Crippen LogP contribution in [0.15, 0.2) is 29.4 Å². The van der Waals surface area contributed by atoms with Crippen LogP contribution in [-0.4, -0.2) is 31.1 Å². The zero-order chi connectivity index (χ0) is 14.4. The summed E-state index contributed by atoms with van der Waals surface area (Å²) in [6, 6.07) is 8.90. The smallest absolute Gasteiger partial charge is 0.245 e. The van der Waals surface area contributed by atoms with Gasteiger partial charge < -0.3 is 9.47 Å². The van der Waals surface area contributed by atoms with E-state index >= 15 is 0 Å². The quantitative estimate of drug-likeness (QED) is 0.659. The van der Waals surface area contributed by atoms with E-state index in [0.29, 0.717) is 18.8 Å². The molecule has 1 saturated heterocycles. The van der Waals surface area contributed by atoms with Crippen LogP contribution in [0.1, 0.15) is 24.5 Å². The molecular formula is C14H15N3O3. The largest absolute Gasteiger partial charge is 0.347 e. The number of nitrogens with one attached hydrogen (secondary N) is 1. The van der Waals surface area contributed by atoms with E-state index in [-0.39, 0.29) is 12.3 Å². The Bertz CT molecular complexity index is 540. The third-order valence-corrected chi connectivity index (χ3v) is 2.82. The number of nitriles is 1. The normalized spacial score (nSPS) is 17.0. The fourth-order valence-corrected chi connectivity index (χ4v) is 1.81. The molecule has 1 aliphatic rings. The van der Waals surface area contributed by atoms with Gasteiger partial charge in [-0.25, -0.2) is 5.43 Å². The first-order valence-corrected chi connectivity index (χ1v) is 6.21. The first-order chi connectivity index (χ1) is 9.61. The predicted octanol–water partition coefficient (Wildman–Crippen LogP) is 1.16. The van der Waals surface area contributed by atoms with Crippen molar-refractivity contribution in [2.24, 2.45) is 5.10 Å². The molecule has 0 aliphatic carbocycles. The van der Waals surface area contributed by atoms with Crippen molar-refractivity contribution in [2.75, 3.05) is 13.2 Å². The molecule has 1 amide bonds. The van der Waals surface area contributed by atoms with Gasteiger partial charge in [0.25, 0.3) is 0 Å². The van der Waals surface area contributed by atoms with Crippen LogP contribution >= 0.6 is 0 Å². The molecule has 1 aliphatic heterocycles. The maximum Gasteiger partial charge on any atom is 0.245 e. The monoisotopic (exact) mass is 273 g/mol. The molecule has 1 aromatic carbocycles. The third kappa shape index (κ3) is 3.88. The minimum absolute atomic E-state index is 0.0950. The fourth-order valence-electron chi connectivity index (χ4n) is 1.81. The summed E-state index contributed by atoms with van der Waals surface area (Å²) >= 11 is 0. The number of hydrogen-bond acceptors (Lipinski definition) is 5. The van der Waals surface area contributed by atoms with Crippen LogP contribution in [0.3, 0.4) is 0 Å².